The maximum absolute atomic E-state index is 10.6. The Morgan fingerprint density at radius 2 is 2.04 bits per heavy atom. The highest BCUT2D eigenvalue weighted by Crippen LogP contribution is 2.43. The summed E-state index contributed by atoms with van der Waals surface area (Å²) < 4.78 is 5.49. The molecule has 2 aliphatic rings. The number of carbonyl (C=O) groups excluding carboxylic acids is 1. The van der Waals surface area contributed by atoms with Crippen molar-refractivity contribution in [2.45, 2.75) is 37.6 Å². The molecule has 5 nitrogen and oxygen atoms in total. The topological polar surface area (TPSA) is 53.0 Å². The van der Waals surface area contributed by atoms with Gasteiger partial charge in [-0.1, -0.05) is 6.07 Å². The van der Waals surface area contributed by atoms with Crippen LogP contribution in [-0.4, -0.2) is 66.0 Å². The van der Waals surface area contributed by atoms with Gasteiger partial charge in [0.1, 0.15) is 22.0 Å². The number of ether oxygens (including phenoxy) is 1. The van der Waals surface area contributed by atoms with Gasteiger partial charge in [-0.3, -0.25) is 0 Å². The van der Waals surface area contributed by atoms with Gasteiger partial charge in [0.15, 0.2) is 0 Å². The molecule has 0 aliphatic carbocycles. The van der Waals surface area contributed by atoms with Crippen molar-refractivity contribution in [2.75, 3.05) is 43.2 Å². The zero-order valence-electron chi connectivity index (χ0n) is 15.5. The molecule has 3 rings (SSSR count). The molecule has 26 heavy (non-hydrogen) atoms. The van der Waals surface area contributed by atoms with Gasteiger partial charge in [-0.25, -0.2) is 0 Å². The highest BCUT2D eigenvalue weighted by Gasteiger charge is 2.44. The average Bonchev–Trinajstić information content (AvgIpc) is 2.59. The van der Waals surface area contributed by atoms with Gasteiger partial charge in [0.2, 0.25) is 0 Å². The Kier molecular flexibility index (Phi) is 5.68. The average molecular weight is 352 g/mol. The highest BCUT2D eigenvalue weighted by atomic mass is 16.5. The number of anilines is 2. The van der Waals surface area contributed by atoms with Crippen molar-refractivity contribution < 1.29 is 14.6 Å². The standard InChI is InChI=1S/C19H26B2N2O3/c1-22(19(20,21)25)17-12-16(6-5-15(17)4-2-3-9-24)23-13-18(14-23)7-10-26-11-8-18/h5-6,9,12,25H,2-4,7-8,10-11,13-14H2,1H3. The molecule has 2 saturated heterocycles. The van der Waals surface area contributed by atoms with Gasteiger partial charge in [-0.05, 0) is 43.4 Å². The van der Waals surface area contributed by atoms with Crippen LogP contribution >= 0.6 is 0 Å². The fourth-order valence-electron chi connectivity index (χ4n) is 3.91. The molecule has 0 aromatic heterocycles. The Balaban J connectivity index is 1.78. The van der Waals surface area contributed by atoms with E-state index in [0.717, 1.165) is 75.2 Å². The lowest BCUT2D eigenvalue weighted by atomic mass is 9.71. The second-order valence-corrected chi connectivity index (χ2v) is 7.68. The number of aldehydes is 1. The van der Waals surface area contributed by atoms with Crippen molar-refractivity contribution in [2.24, 2.45) is 5.41 Å². The van der Waals surface area contributed by atoms with E-state index in [0.29, 0.717) is 11.8 Å². The molecule has 2 aliphatic heterocycles. The minimum atomic E-state index is -1.94. The molecule has 1 N–H and O–H groups in total. The summed E-state index contributed by atoms with van der Waals surface area (Å²) in [4.78, 5) is 14.4. The summed E-state index contributed by atoms with van der Waals surface area (Å²) in [6.45, 7) is 3.76. The van der Waals surface area contributed by atoms with Crippen LogP contribution in [0.5, 0.6) is 0 Å². The number of aliphatic hydroxyl groups is 1. The van der Waals surface area contributed by atoms with Crippen molar-refractivity contribution in [3.8, 4) is 0 Å². The smallest absolute Gasteiger partial charge is 0.128 e. The molecule has 1 spiro atoms. The maximum atomic E-state index is 10.6. The molecule has 136 valence electrons. The molecule has 0 atom stereocenters. The van der Waals surface area contributed by atoms with E-state index in [1.807, 2.05) is 12.1 Å². The highest BCUT2D eigenvalue weighted by molar-refractivity contribution is 6.40. The van der Waals surface area contributed by atoms with E-state index in [1.165, 1.54) is 4.90 Å². The number of carbonyl (C=O) groups is 1. The van der Waals surface area contributed by atoms with E-state index < -0.39 is 5.52 Å². The molecule has 1 aromatic carbocycles. The normalized spacial score (nSPS) is 19.2. The molecular weight excluding hydrogens is 326 g/mol. The van der Waals surface area contributed by atoms with Crippen LogP contribution in [0.15, 0.2) is 18.2 Å². The first-order chi connectivity index (χ1) is 12.3. The van der Waals surface area contributed by atoms with Crippen LogP contribution in [0.4, 0.5) is 11.4 Å². The fourth-order valence-corrected chi connectivity index (χ4v) is 3.91. The van der Waals surface area contributed by atoms with E-state index in [4.69, 9.17) is 20.4 Å². The lowest BCUT2D eigenvalue weighted by Gasteiger charge is -2.53. The van der Waals surface area contributed by atoms with Gasteiger partial charge < -0.3 is 24.4 Å². The lowest BCUT2D eigenvalue weighted by Crippen LogP contribution is -2.58. The number of aryl methyl sites for hydroxylation is 1. The van der Waals surface area contributed by atoms with E-state index in [-0.39, 0.29) is 0 Å². The Morgan fingerprint density at radius 3 is 2.65 bits per heavy atom. The minimum absolute atomic E-state index is 0.384. The summed E-state index contributed by atoms with van der Waals surface area (Å²) in [5, 5.41) is 10.0. The van der Waals surface area contributed by atoms with Crippen LogP contribution in [0.2, 0.25) is 0 Å². The molecule has 0 unspecified atom stereocenters. The number of hydrogen-bond donors (Lipinski definition) is 1. The summed E-state index contributed by atoms with van der Waals surface area (Å²) in [7, 11) is 13.1. The SMILES string of the molecule is [B]C([B])(O)N(C)c1cc(N2CC3(CCOCC3)C2)ccc1CCCC=O. The first-order valence-corrected chi connectivity index (χ1v) is 9.28. The third kappa shape index (κ3) is 4.09. The third-order valence-corrected chi connectivity index (χ3v) is 5.71. The second kappa shape index (κ2) is 7.65. The van der Waals surface area contributed by atoms with Crippen LogP contribution < -0.4 is 9.80 Å². The van der Waals surface area contributed by atoms with Crippen molar-refractivity contribution in [1.29, 1.82) is 0 Å². The van der Waals surface area contributed by atoms with E-state index in [2.05, 4.69) is 11.0 Å². The minimum Gasteiger partial charge on any atom is -0.390 e. The molecule has 0 saturated carbocycles. The zero-order valence-corrected chi connectivity index (χ0v) is 15.5. The van der Waals surface area contributed by atoms with Crippen molar-refractivity contribution in [3.63, 3.8) is 0 Å². The molecule has 0 amide bonds. The van der Waals surface area contributed by atoms with Crippen LogP contribution in [0.1, 0.15) is 31.2 Å². The third-order valence-electron chi connectivity index (χ3n) is 5.71. The lowest BCUT2D eigenvalue weighted by molar-refractivity contribution is -0.107. The molecule has 7 heteroatoms. The predicted octanol–water partition coefficient (Wildman–Crippen LogP) is 1.20. The number of rotatable bonds is 7. The Morgan fingerprint density at radius 1 is 1.35 bits per heavy atom. The van der Waals surface area contributed by atoms with Crippen molar-refractivity contribution in [3.05, 3.63) is 23.8 Å². The fraction of sp³-hybridized carbons (Fsp3) is 0.632. The molecule has 1 aromatic rings. The van der Waals surface area contributed by atoms with Crippen molar-refractivity contribution in [1.82, 2.24) is 0 Å². The van der Waals surface area contributed by atoms with Gasteiger partial charge in [0.25, 0.3) is 0 Å². The summed E-state index contributed by atoms with van der Waals surface area (Å²) in [6.07, 6.45) is 5.15. The summed E-state index contributed by atoms with van der Waals surface area (Å²) >= 11 is 0. The van der Waals surface area contributed by atoms with Gasteiger partial charge in [0, 0.05) is 62.1 Å². The van der Waals surface area contributed by atoms with Crippen LogP contribution in [-0.2, 0) is 16.0 Å². The zero-order chi connectivity index (χ0) is 18.8. The van der Waals surface area contributed by atoms with Gasteiger partial charge in [-0.2, -0.15) is 0 Å². The number of hydrogen-bond acceptors (Lipinski definition) is 5. The first kappa shape index (κ1) is 19.3. The Hall–Kier alpha value is -1.46. The monoisotopic (exact) mass is 352 g/mol. The van der Waals surface area contributed by atoms with E-state index in [9.17, 15) is 9.90 Å². The molecule has 2 heterocycles. The first-order valence-electron chi connectivity index (χ1n) is 9.28. The predicted molar refractivity (Wildman–Crippen MR) is 105 cm³/mol. The summed E-state index contributed by atoms with van der Waals surface area (Å²) in [6, 6.07) is 6.19. The van der Waals surface area contributed by atoms with Crippen LogP contribution in [0, 0.1) is 5.41 Å². The summed E-state index contributed by atoms with van der Waals surface area (Å²) in [5.41, 5.74) is 1.37. The van der Waals surface area contributed by atoms with Crippen LogP contribution in [0.3, 0.4) is 0 Å². The number of benzene rings is 1. The van der Waals surface area contributed by atoms with Gasteiger partial charge in [0.05, 0.1) is 0 Å². The van der Waals surface area contributed by atoms with E-state index >= 15 is 0 Å². The molecule has 4 radical (unpaired) electrons. The maximum Gasteiger partial charge on any atom is 0.128 e. The summed E-state index contributed by atoms with van der Waals surface area (Å²) in [5.74, 6) is 0. The molecule has 0 bridgehead atoms. The van der Waals surface area contributed by atoms with E-state index in [1.54, 1.807) is 7.05 Å². The number of nitrogens with zero attached hydrogens (tertiary/aromatic N) is 2. The Labute approximate surface area is 158 Å². The Bertz CT molecular complexity index is 634. The van der Waals surface area contributed by atoms with Gasteiger partial charge >= 0.3 is 0 Å². The quantitative estimate of drug-likeness (QED) is 0.346. The van der Waals surface area contributed by atoms with Crippen LogP contribution in [0.25, 0.3) is 0 Å². The largest absolute Gasteiger partial charge is 0.390 e. The number of unbranched alkanes of at least 4 members (excludes halogenated alkanes) is 1. The molecule has 2 fully saturated rings. The second-order valence-electron chi connectivity index (χ2n) is 7.68. The van der Waals surface area contributed by atoms with Gasteiger partial charge in [-0.15, -0.1) is 0 Å². The molecular formula is C19H26B2N2O3. The van der Waals surface area contributed by atoms with Crippen molar-refractivity contribution >= 4 is 33.4 Å².